The van der Waals surface area contributed by atoms with Crippen molar-refractivity contribution < 1.29 is 8.42 Å². The molecule has 0 aromatic heterocycles. The van der Waals surface area contributed by atoms with Gasteiger partial charge >= 0.3 is 0 Å². The van der Waals surface area contributed by atoms with Gasteiger partial charge in [-0.25, -0.2) is 8.42 Å². The van der Waals surface area contributed by atoms with Gasteiger partial charge in [0.05, 0.1) is 11.0 Å². The van der Waals surface area contributed by atoms with Crippen LogP contribution in [0, 0.1) is 5.92 Å². The first-order chi connectivity index (χ1) is 5.44. The standard InChI is InChI=1S/C8H15NO2S/c1-6-4-7(5-12(6,10)11)8(9)2-3-8/h6-7H,2-5,9H2,1H3. The second-order valence-electron chi connectivity index (χ2n) is 4.31. The first-order valence-electron chi connectivity index (χ1n) is 4.44. The fraction of sp³-hybridized carbons (Fsp3) is 1.00. The van der Waals surface area contributed by atoms with Crippen LogP contribution in [-0.2, 0) is 9.84 Å². The Kier molecular flexibility index (Phi) is 1.58. The van der Waals surface area contributed by atoms with Gasteiger partial charge in [-0.2, -0.15) is 0 Å². The minimum atomic E-state index is -2.80. The lowest BCUT2D eigenvalue weighted by atomic mass is 9.96. The van der Waals surface area contributed by atoms with Crippen molar-refractivity contribution in [3.8, 4) is 0 Å². The van der Waals surface area contributed by atoms with E-state index >= 15 is 0 Å². The van der Waals surface area contributed by atoms with Crippen LogP contribution in [0.2, 0.25) is 0 Å². The summed E-state index contributed by atoms with van der Waals surface area (Å²) in [6.45, 7) is 1.79. The fourth-order valence-corrected chi connectivity index (χ4v) is 3.90. The van der Waals surface area contributed by atoms with Crippen LogP contribution < -0.4 is 5.73 Å². The normalized spacial score (nSPS) is 42.8. The van der Waals surface area contributed by atoms with Crippen LogP contribution in [0.15, 0.2) is 0 Å². The highest BCUT2D eigenvalue weighted by molar-refractivity contribution is 7.92. The van der Waals surface area contributed by atoms with Crippen LogP contribution >= 0.6 is 0 Å². The molecule has 2 atom stereocenters. The molecule has 0 bridgehead atoms. The highest BCUT2D eigenvalue weighted by Crippen LogP contribution is 2.45. The second kappa shape index (κ2) is 2.23. The fourth-order valence-electron chi connectivity index (χ4n) is 2.01. The average Bonchev–Trinajstić information content (AvgIpc) is 2.61. The highest BCUT2D eigenvalue weighted by atomic mass is 32.2. The van der Waals surface area contributed by atoms with Gasteiger partial charge in [0.1, 0.15) is 0 Å². The molecular weight excluding hydrogens is 174 g/mol. The summed E-state index contributed by atoms with van der Waals surface area (Å²) in [5, 5.41) is -0.163. The molecule has 0 aromatic rings. The molecular formula is C8H15NO2S. The lowest BCUT2D eigenvalue weighted by Gasteiger charge is -2.15. The highest BCUT2D eigenvalue weighted by Gasteiger charge is 2.51. The third-order valence-corrected chi connectivity index (χ3v) is 5.59. The molecule has 0 spiro atoms. The Labute approximate surface area is 73.2 Å². The SMILES string of the molecule is CC1CC(C2(N)CC2)CS1(=O)=O. The molecule has 1 aliphatic heterocycles. The van der Waals surface area contributed by atoms with E-state index in [1.807, 2.05) is 0 Å². The van der Waals surface area contributed by atoms with Gasteiger partial charge in [0.25, 0.3) is 0 Å². The Morgan fingerprint density at radius 1 is 1.42 bits per heavy atom. The zero-order valence-corrected chi connectivity index (χ0v) is 8.10. The largest absolute Gasteiger partial charge is 0.325 e. The molecule has 2 N–H and O–H groups in total. The molecule has 2 fully saturated rings. The maximum absolute atomic E-state index is 11.4. The molecule has 1 heterocycles. The summed E-state index contributed by atoms with van der Waals surface area (Å²) in [5.74, 6) is 0.558. The molecule has 2 rings (SSSR count). The summed E-state index contributed by atoms with van der Waals surface area (Å²) in [7, 11) is -2.80. The third-order valence-electron chi connectivity index (χ3n) is 3.30. The number of rotatable bonds is 1. The molecule has 0 radical (unpaired) electrons. The number of hydrogen-bond acceptors (Lipinski definition) is 3. The molecule has 1 saturated carbocycles. The molecule has 4 heteroatoms. The first-order valence-corrected chi connectivity index (χ1v) is 6.16. The van der Waals surface area contributed by atoms with Crippen molar-refractivity contribution >= 4 is 9.84 Å². The topological polar surface area (TPSA) is 60.2 Å². The van der Waals surface area contributed by atoms with Crippen LogP contribution in [0.25, 0.3) is 0 Å². The van der Waals surface area contributed by atoms with E-state index in [0.717, 1.165) is 19.3 Å². The molecule has 3 nitrogen and oxygen atoms in total. The van der Waals surface area contributed by atoms with E-state index in [1.54, 1.807) is 6.92 Å². The quantitative estimate of drug-likeness (QED) is 0.645. The van der Waals surface area contributed by atoms with Gasteiger partial charge in [-0.1, -0.05) is 0 Å². The Morgan fingerprint density at radius 2 is 2.00 bits per heavy atom. The zero-order valence-electron chi connectivity index (χ0n) is 7.29. The first kappa shape index (κ1) is 8.51. The van der Waals surface area contributed by atoms with E-state index in [0.29, 0.717) is 5.75 Å². The smallest absolute Gasteiger partial charge is 0.153 e. The van der Waals surface area contributed by atoms with Gasteiger partial charge in [-0.3, -0.25) is 0 Å². The van der Waals surface area contributed by atoms with Crippen molar-refractivity contribution in [2.45, 2.75) is 37.0 Å². The number of nitrogens with two attached hydrogens (primary N) is 1. The molecule has 1 saturated heterocycles. The molecule has 2 aliphatic rings. The van der Waals surface area contributed by atoms with Crippen molar-refractivity contribution in [1.29, 1.82) is 0 Å². The van der Waals surface area contributed by atoms with E-state index in [4.69, 9.17) is 5.73 Å². The van der Waals surface area contributed by atoms with E-state index in [9.17, 15) is 8.42 Å². The lowest BCUT2D eigenvalue weighted by molar-refractivity contribution is 0.434. The summed E-state index contributed by atoms with van der Waals surface area (Å²) in [4.78, 5) is 0. The molecule has 0 amide bonds. The molecule has 0 aromatic carbocycles. The predicted octanol–water partition coefficient (Wildman–Crippen LogP) is 0.301. The monoisotopic (exact) mass is 189 g/mol. The van der Waals surface area contributed by atoms with Gasteiger partial charge in [-0.15, -0.1) is 0 Å². The van der Waals surface area contributed by atoms with E-state index in [-0.39, 0.29) is 16.7 Å². The van der Waals surface area contributed by atoms with E-state index in [1.165, 1.54) is 0 Å². The Bertz CT molecular complexity index is 292. The summed E-state index contributed by atoms with van der Waals surface area (Å²) >= 11 is 0. The summed E-state index contributed by atoms with van der Waals surface area (Å²) in [5.41, 5.74) is 5.86. The van der Waals surface area contributed by atoms with Crippen molar-refractivity contribution in [3.05, 3.63) is 0 Å². The van der Waals surface area contributed by atoms with Gasteiger partial charge in [-0.05, 0) is 32.1 Å². The molecule has 1 aliphatic carbocycles. The molecule has 12 heavy (non-hydrogen) atoms. The van der Waals surface area contributed by atoms with Crippen LogP contribution in [0.1, 0.15) is 26.2 Å². The zero-order chi connectivity index (χ0) is 8.98. The number of hydrogen-bond donors (Lipinski definition) is 1. The van der Waals surface area contributed by atoms with Gasteiger partial charge in [0.15, 0.2) is 9.84 Å². The Balaban J connectivity index is 2.16. The van der Waals surface area contributed by atoms with E-state index in [2.05, 4.69) is 0 Å². The van der Waals surface area contributed by atoms with Crippen molar-refractivity contribution in [1.82, 2.24) is 0 Å². The van der Waals surface area contributed by atoms with Gasteiger partial charge in [0.2, 0.25) is 0 Å². The molecule has 70 valence electrons. The van der Waals surface area contributed by atoms with Crippen molar-refractivity contribution in [2.75, 3.05) is 5.75 Å². The summed E-state index contributed by atoms with van der Waals surface area (Å²) in [6.07, 6.45) is 2.80. The predicted molar refractivity (Wildman–Crippen MR) is 47.5 cm³/mol. The summed E-state index contributed by atoms with van der Waals surface area (Å²) < 4.78 is 22.8. The summed E-state index contributed by atoms with van der Waals surface area (Å²) in [6, 6.07) is 0. The maximum atomic E-state index is 11.4. The second-order valence-corrected chi connectivity index (χ2v) is 6.77. The lowest BCUT2D eigenvalue weighted by Crippen LogP contribution is -2.33. The van der Waals surface area contributed by atoms with Crippen molar-refractivity contribution in [2.24, 2.45) is 11.7 Å². The number of sulfone groups is 1. The third kappa shape index (κ3) is 1.17. The van der Waals surface area contributed by atoms with Crippen LogP contribution in [0.4, 0.5) is 0 Å². The molecule has 2 unspecified atom stereocenters. The van der Waals surface area contributed by atoms with Gasteiger partial charge < -0.3 is 5.73 Å². The van der Waals surface area contributed by atoms with Gasteiger partial charge in [0, 0.05) is 5.54 Å². The average molecular weight is 189 g/mol. The minimum absolute atomic E-state index is 0.113. The minimum Gasteiger partial charge on any atom is -0.325 e. The van der Waals surface area contributed by atoms with E-state index < -0.39 is 9.84 Å². The van der Waals surface area contributed by atoms with Crippen LogP contribution in [0.5, 0.6) is 0 Å². The maximum Gasteiger partial charge on any atom is 0.153 e. The van der Waals surface area contributed by atoms with Crippen LogP contribution in [-0.4, -0.2) is 25.0 Å². The van der Waals surface area contributed by atoms with Crippen molar-refractivity contribution in [3.63, 3.8) is 0 Å². The Hall–Kier alpha value is -0.0900. The Morgan fingerprint density at radius 3 is 2.33 bits per heavy atom. The van der Waals surface area contributed by atoms with Crippen LogP contribution in [0.3, 0.4) is 0 Å².